The minimum atomic E-state index is -0.525. The third kappa shape index (κ3) is 1.13. The van der Waals surface area contributed by atoms with Crippen molar-refractivity contribution >= 4 is 23.1 Å². The van der Waals surface area contributed by atoms with Crippen molar-refractivity contribution in [1.29, 1.82) is 0 Å². The lowest BCUT2D eigenvalue weighted by atomic mass is 10.2. The van der Waals surface area contributed by atoms with Crippen LogP contribution in [0.5, 0.6) is 0 Å². The number of nitrogens with zero attached hydrogens (tertiary/aromatic N) is 3. The van der Waals surface area contributed by atoms with E-state index in [1.807, 2.05) is 0 Å². The first-order valence-corrected chi connectivity index (χ1v) is 3.78. The molecule has 13 heavy (non-hydrogen) atoms. The average Bonchev–Trinajstić information content (AvgIpc) is 2.49. The van der Waals surface area contributed by atoms with Crippen LogP contribution in [-0.2, 0) is 0 Å². The Labute approximate surface area is 78.2 Å². The van der Waals surface area contributed by atoms with Gasteiger partial charge in [-0.15, -0.1) is 0 Å². The molecule has 1 aromatic heterocycles. The van der Waals surface area contributed by atoms with Crippen LogP contribution < -0.4 is 5.32 Å². The Morgan fingerprint density at radius 2 is 2.31 bits per heavy atom. The molecule has 0 aliphatic carbocycles. The van der Waals surface area contributed by atoms with Gasteiger partial charge in [0.05, 0.1) is 9.95 Å². The van der Waals surface area contributed by atoms with E-state index in [1.165, 1.54) is 12.3 Å². The minimum Gasteiger partial charge on any atom is -0.258 e. The zero-order valence-electron chi connectivity index (χ0n) is 6.27. The van der Waals surface area contributed by atoms with E-state index in [-0.39, 0.29) is 5.70 Å². The zero-order chi connectivity index (χ0) is 9.42. The van der Waals surface area contributed by atoms with Gasteiger partial charge in [0.25, 0.3) is 5.70 Å². The topological polar surface area (TPSA) is 70.1 Å². The van der Waals surface area contributed by atoms with Crippen LogP contribution in [0.3, 0.4) is 0 Å². The summed E-state index contributed by atoms with van der Waals surface area (Å²) < 4.78 is 0. The van der Waals surface area contributed by atoms with E-state index < -0.39 is 4.92 Å². The molecule has 0 atom stereocenters. The summed E-state index contributed by atoms with van der Waals surface area (Å²) >= 11 is 5.76. The van der Waals surface area contributed by atoms with Gasteiger partial charge in [0.2, 0.25) is 0 Å². The molecule has 6 heteroatoms. The maximum Gasteiger partial charge on any atom is 0.300 e. The molecule has 0 saturated carbocycles. The standard InChI is InChI=1S/C7H3ClN3O2/c8-4-1-2-9-7-6(4)5(3-10-7)11(12)13/h1-3H. The number of nitro groups is 1. The molecule has 0 unspecified atom stereocenters. The van der Waals surface area contributed by atoms with E-state index in [0.717, 1.165) is 6.20 Å². The van der Waals surface area contributed by atoms with E-state index in [9.17, 15) is 10.1 Å². The number of hydrogen-bond donors (Lipinski definition) is 0. The Morgan fingerprint density at radius 3 is 3.00 bits per heavy atom. The summed E-state index contributed by atoms with van der Waals surface area (Å²) in [5.41, 5.74) is 0.197. The largest absolute Gasteiger partial charge is 0.300 e. The van der Waals surface area contributed by atoms with Crippen molar-refractivity contribution in [2.75, 3.05) is 0 Å². The van der Waals surface area contributed by atoms with Crippen molar-refractivity contribution in [2.45, 2.75) is 0 Å². The highest BCUT2D eigenvalue weighted by molar-refractivity contribution is 6.32. The molecule has 65 valence electrons. The van der Waals surface area contributed by atoms with Crippen molar-refractivity contribution in [3.05, 3.63) is 39.2 Å². The molecule has 0 amide bonds. The Balaban J connectivity index is 2.60. The molecule has 0 N–H and O–H groups in total. The molecule has 0 fully saturated rings. The van der Waals surface area contributed by atoms with E-state index in [2.05, 4.69) is 10.3 Å². The molecule has 1 aliphatic heterocycles. The lowest BCUT2D eigenvalue weighted by molar-refractivity contribution is -0.375. The van der Waals surface area contributed by atoms with Gasteiger partial charge in [0.15, 0.2) is 5.82 Å². The lowest BCUT2D eigenvalue weighted by Crippen LogP contribution is -1.95. The number of pyridine rings is 1. The summed E-state index contributed by atoms with van der Waals surface area (Å²) in [6, 6.07) is 1.50. The summed E-state index contributed by atoms with van der Waals surface area (Å²) in [7, 11) is 0. The zero-order valence-corrected chi connectivity index (χ0v) is 7.02. The fourth-order valence-corrected chi connectivity index (χ4v) is 1.33. The monoisotopic (exact) mass is 196 g/mol. The molecule has 0 spiro atoms. The first kappa shape index (κ1) is 8.00. The molecule has 2 heterocycles. The molecule has 5 nitrogen and oxygen atoms in total. The van der Waals surface area contributed by atoms with Gasteiger partial charge in [-0.25, -0.2) is 10.3 Å². The second-order valence-corrected chi connectivity index (χ2v) is 2.80. The van der Waals surface area contributed by atoms with Crippen molar-refractivity contribution < 1.29 is 4.92 Å². The first-order chi connectivity index (χ1) is 6.20. The highest BCUT2D eigenvalue weighted by Gasteiger charge is 2.28. The van der Waals surface area contributed by atoms with Gasteiger partial charge >= 0.3 is 0 Å². The third-order valence-electron chi connectivity index (χ3n) is 1.64. The van der Waals surface area contributed by atoms with Crippen LogP contribution in [0.2, 0.25) is 5.02 Å². The molecule has 0 saturated heterocycles. The Morgan fingerprint density at radius 1 is 1.54 bits per heavy atom. The van der Waals surface area contributed by atoms with Crippen LogP contribution in [0, 0.1) is 10.1 Å². The van der Waals surface area contributed by atoms with Gasteiger partial charge in [-0.05, 0) is 6.07 Å². The Bertz CT molecular complexity index is 416. The highest BCUT2D eigenvalue weighted by Crippen LogP contribution is 2.33. The van der Waals surface area contributed by atoms with Crippen molar-refractivity contribution in [1.82, 2.24) is 10.3 Å². The number of halogens is 1. The summed E-state index contributed by atoms with van der Waals surface area (Å²) in [6.45, 7) is 0. The number of aromatic nitrogens is 1. The van der Waals surface area contributed by atoms with Gasteiger partial charge in [0.1, 0.15) is 11.8 Å². The second-order valence-electron chi connectivity index (χ2n) is 2.39. The molecular formula is C7H3ClN3O2. The number of rotatable bonds is 1. The van der Waals surface area contributed by atoms with Gasteiger partial charge in [-0.1, -0.05) is 11.6 Å². The Kier molecular flexibility index (Phi) is 1.66. The van der Waals surface area contributed by atoms with Gasteiger partial charge in [-0.3, -0.25) is 10.1 Å². The van der Waals surface area contributed by atoms with Crippen LogP contribution in [0.4, 0.5) is 5.82 Å². The highest BCUT2D eigenvalue weighted by atomic mass is 35.5. The maximum atomic E-state index is 10.5. The molecule has 1 radical (unpaired) electrons. The molecule has 0 bridgehead atoms. The molecule has 1 aliphatic rings. The smallest absolute Gasteiger partial charge is 0.258 e. The van der Waals surface area contributed by atoms with Crippen LogP contribution >= 0.6 is 11.6 Å². The fraction of sp³-hybridized carbons (Fsp3) is 0. The van der Waals surface area contributed by atoms with Crippen molar-refractivity contribution in [3.8, 4) is 0 Å². The van der Waals surface area contributed by atoms with Gasteiger partial charge in [-0.2, -0.15) is 0 Å². The van der Waals surface area contributed by atoms with E-state index >= 15 is 0 Å². The quantitative estimate of drug-likeness (QED) is 0.506. The second kappa shape index (κ2) is 2.70. The van der Waals surface area contributed by atoms with Crippen LogP contribution in [0.1, 0.15) is 5.56 Å². The molecular weight excluding hydrogens is 194 g/mol. The predicted molar refractivity (Wildman–Crippen MR) is 46.0 cm³/mol. The van der Waals surface area contributed by atoms with E-state index in [0.29, 0.717) is 16.4 Å². The van der Waals surface area contributed by atoms with E-state index in [4.69, 9.17) is 11.6 Å². The summed E-state index contributed by atoms with van der Waals surface area (Å²) in [5.74, 6) is 0.305. The minimum absolute atomic E-state index is 0.104. The first-order valence-electron chi connectivity index (χ1n) is 3.40. The maximum absolute atomic E-state index is 10.5. The van der Waals surface area contributed by atoms with E-state index in [1.54, 1.807) is 0 Å². The molecule has 0 aromatic carbocycles. The lowest BCUT2D eigenvalue weighted by Gasteiger charge is -1.97. The molecule has 1 aromatic rings. The predicted octanol–water partition coefficient (Wildman–Crippen LogP) is 1.56. The molecule has 2 rings (SSSR count). The van der Waals surface area contributed by atoms with Crippen LogP contribution in [0.25, 0.3) is 5.70 Å². The number of hydrogen-bond acceptors (Lipinski definition) is 3. The summed E-state index contributed by atoms with van der Waals surface area (Å²) in [6.07, 6.45) is 2.62. The average molecular weight is 197 g/mol. The summed E-state index contributed by atoms with van der Waals surface area (Å²) in [4.78, 5) is 13.8. The third-order valence-corrected chi connectivity index (χ3v) is 1.96. The van der Waals surface area contributed by atoms with Crippen LogP contribution in [-0.4, -0.2) is 9.91 Å². The van der Waals surface area contributed by atoms with Gasteiger partial charge in [0, 0.05) is 6.20 Å². The SMILES string of the molecule is O=[N+]([O-])C1=C[N]c2nccc(Cl)c21. The van der Waals surface area contributed by atoms with Crippen molar-refractivity contribution in [3.63, 3.8) is 0 Å². The number of fused-ring (bicyclic) bond motifs is 1. The normalized spacial score (nSPS) is 13.2. The van der Waals surface area contributed by atoms with Gasteiger partial charge < -0.3 is 0 Å². The fourth-order valence-electron chi connectivity index (χ4n) is 1.09. The van der Waals surface area contributed by atoms with Crippen molar-refractivity contribution in [2.24, 2.45) is 0 Å². The van der Waals surface area contributed by atoms with Crippen LogP contribution in [0.15, 0.2) is 18.5 Å². The summed E-state index contributed by atoms with van der Waals surface area (Å²) in [5, 5.41) is 14.6. The Hall–Kier alpha value is -1.62.